The molecular formula is C21H27N2O5S+. The summed E-state index contributed by atoms with van der Waals surface area (Å²) in [7, 11) is 0. The minimum absolute atomic E-state index is 0.0909. The van der Waals surface area contributed by atoms with E-state index in [1.165, 1.54) is 0 Å². The number of nitrogens with one attached hydrogen (secondary N) is 1. The maximum Gasteiger partial charge on any atom is 0.348 e. The van der Waals surface area contributed by atoms with E-state index >= 15 is 0 Å². The van der Waals surface area contributed by atoms with Gasteiger partial charge in [-0.1, -0.05) is 6.92 Å². The smallest absolute Gasteiger partial charge is 0.348 e. The van der Waals surface area contributed by atoms with Crippen LogP contribution in [0.15, 0.2) is 18.3 Å². The van der Waals surface area contributed by atoms with Gasteiger partial charge in [-0.05, 0) is 38.8 Å². The van der Waals surface area contributed by atoms with Crippen LogP contribution in [0.1, 0.15) is 57.6 Å². The molecule has 1 N–H and O–H groups in total. The van der Waals surface area contributed by atoms with Crippen molar-refractivity contribution in [3.63, 3.8) is 0 Å². The first-order valence-corrected chi connectivity index (χ1v) is 10.4. The molecule has 2 aromatic heterocycles. The van der Waals surface area contributed by atoms with E-state index in [0.29, 0.717) is 10.6 Å². The molecule has 0 aromatic carbocycles. The molecular weight excluding hydrogens is 392 g/mol. The number of esters is 2. The van der Waals surface area contributed by atoms with Gasteiger partial charge in [-0.2, -0.15) is 4.57 Å². The normalized spacial score (nSPS) is 10.5. The minimum Gasteiger partial charge on any atom is -0.462 e. The van der Waals surface area contributed by atoms with Crippen LogP contribution in [0, 0.1) is 13.8 Å². The quantitative estimate of drug-likeness (QED) is 0.525. The first-order valence-electron chi connectivity index (χ1n) is 9.58. The summed E-state index contributed by atoms with van der Waals surface area (Å²) in [4.78, 5) is 37.6. The number of thiophene rings is 1. The number of hydrogen-bond acceptors (Lipinski definition) is 6. The highest BCUT2D eigenvalue weighted by atomic mass is 32.1. The average molecular weight is 420 g/mol. The van der Waals surface area contributed by atoms with Crippen LogP contribution in [0.5, 0.6) is 0 Å². The van der Waals surface area contributed by atoms with Gasteiger partial charge in [0.05, 0.1) is 18.8 Å². The molecule has 2 heterocycles. The molecule has 8 heteroatoms. The Bertz CT molecular complexity index is 920. The molecule has 1 amide bonds. The van der Waals surface area contributed by atoms with Crippen molar-refractivity contribution in [3.05, 3.63) is 45.6 Å². The van der Waals surface area contributed by atoms with Gasteiger partial charge in [0, 0.05) is 18.6 Å². The highest BCUT2D eigenvalue weighted by molar-refractivity contribution is 7.18. The summed E-state index contributed by atoms with van der Waals surface area (Å²) < 4.78 is 12.0. The third-order valence-corrected chi connectivity index (χ3v) is 5.56. The molecule has 0 saturated carbocycles. The van der Waals surface area contributed by atoms with Crippen LogP contribution >= 0.6 is 11.3 Å². The van der Waals surface area contributed by atoms with E-state index in [4.69, 9.17) is 9.47 Å². The molecule has 0 bridgehead atoms. The molecule has 0 aliphatic heterocycles. The number of carbonyl (C=O) groups is 3. The lowest BCUT2D eigenvalue weighted by Crippen LogP contribution is -2.43. The van der Waals surface area contributed by atoms with Gasteiger partial charge in [0.2, 0.25) is 6.54 Å². The highest BCUT2D eigenvalue weighted by Crippen LogP contribution is 2.34. The number of nitrogens with zero attached hydrogens (tertiary/aromatic N) is 1. The van der Waals surface area contributed by atoms with Crippen molar-refractivity contribution in [1.29, 1.82) is 0 Å². The van der Waals surface area contributed by atoms with E-state index in [2.05, 4.69) is 5.32 Å². The summed E-state index contributed by atoms with van der Waals surface area (Å²) >= 11 is 1.02. The standard InChI is InChI=1S/C21H26N2O5S/c1-6-15-10-9-13(4)23(11-15)12-16(24)22-19-17(20(25)27-7-2)14(5)18(29-19)21(26)28-8-3/h9-11H,6-8,12H2,1-5H3/p+1. The molecule has 7 nitrogen and oxygen atoms in total. The average Bonchev–Trinajstić information content (AvgIpc) is 2.99. The lowest BCUT2D eigenvalue weighted by atomic mass is 10.1. The van der Waals surface area contributed by atoms with Crippen LogP contribution < -0.4 is 9.88 Å². The first kappa shape index (κ1) is 22.5. The summed E-state index contributed by atoms with van der Waals surface area (Å²) in [5.74, 6) is -1.40. The second-order valence-corrected chi connectivity index (χ2v) is 7.43. The molecule has 0 radical (unpaired) electrons. The molecule has 0 saturated heterocycles. The third kappa shape index (κ3) is 5.41. The lowest BCUT2D eigenvalue weighted by molar-refractivity contribution is -0.690. The topological polar surface area (TPSA) is 85.6 Å². The molecule has 2 aromatic rings. The molecule has 0 atom stereocenters. The number of anilines is 1. The lowest BCUT2D eigenvalue weighted by Gasteiger charge is -2.07. The van der Waals surface area contributed by atoms with Crippen molar-refractivity contribution in [2.45, 2.75) is 47.6 Å². The predicted octanol–water partition coefficient (Wildman–Crippen LogP) is 3.21. The minimum atomic E-state index is -0.580. The summed E-state index contributed by atoms with van der Waals surface area (Å²) in [6.07, 6.45) is 2.80. The fourth-order valence-electron chi connectivity index (χ4n) is 2.81. The third-order valence-electron chi connectivity index (χ3n) is 4.38. The molecule has 0 aliphatic carbocycles. The summed E-state index contributed by atoms with van der Waals surface area (Å²) in [6, 6.07) is 3.99. The summed E-state index contributed by atoms with van der Waals surface area (Å²) in [5.41, 5.74) is 2.70. The number of pyridine rings is 1. The number of aryl methyl sites for hydroxylation is 2. The number of ether oxygens (including phenoxy) is 2. The number of hydrogen-bond donors (Lipinski definition) is 1. The zero-order valence-electron chi connectivity index (χ0n) is 17.5. The molecule has 2 rings (SSSR count). The molecule has 29 heavy (non-hydrogen) atoms. The van der Waals surface area contributed by atoms with E-state index in [9.17, 15) is 14.4 Å². The fourth-order valence-corrected chi connectivity index (χ4v) is 3.92. The molecule has 0 spiro atoms. The SMILES string of the molecule is CCOC(=O)c1sc(NC(=O)C[n+]2cc(CC)ccc2C)c(C(=O)OCC)c1C. The van der Waals surface area contributed by atoms with Gasteiger partial charge >= 0.3 is 11.9 Å². The second kappa shape index (κ2) is 10.2. The number of rotatable bonds is 8. The number of aromatic nitrogens is 1. The highest BCUT2D eigenvalue weighted by Gasteiger charge is 2.28. The fraction of sp³-hybridized carbons (Fsp3) is 0.429. The Morgan fingerprint density at radius 2 is 1.69 bits per heavy atom. The number of carbonyl (C=O) groups excluding carboxylic acids is 3. The van der Waals surface area contributed by atoms with Gasteiger partial charge in [-0.15, -0.1) is 11.3 Å². The van der Waals surface area contributed by atoms with Crippen molar-refractivity contribution >= 4 is 34.2 Å². The number of amides is 1. The van der Waals surface area contributed by atoms with Gasteiger partial charge in [-0.25, -0.2) is 9.59 Å². The van der Waals surface area contributed by atoms with Gasteiger partial charge in [0.25, 0.3) is 5.91 Å². The second-order valence-electron chi connectivity index (χ2n) is 6.41. The van der Waals surface area contributed by atoms with Crippen molar-refractivity contribution in [2.24, 2.45) is 0 Å². The Labute approximate surface area is 174 Å². The Balaban J connectivity index is 2.32. The Morgan fingerprint density at radius 1 is 1.03 bits per heavy atom. The van der Waals surface area contributed by atoms with Crippen molar-refractivity contribution in [1.82, 2.24) is 0 Å². The van der Waals surface area contributed by atoms with Crippen LogP contribution in [0.25, 0.3) is 0 Å². The predicted molar refractivity (Wildman–Crippen MR) is 110 cm³/mol. The van der Waals surface area contributed by atoms with E-state index < -0.39 is 11.9 Å². The van der Waals surface area contributed by atoms with Crippen molar-refractivity contribution in [2.75, 3.05) is 18.5 Å². The van der Waals surface area contributed by atoms with E-state index in [-0.39, 0.29) is 36.1 Å². The molecule has 0 fully saturated rings. The Kier molecular flexibility index (Phi) is 7.90. The first-order chi connectivity index (χ1) is 13.8. The van der Waals surface area contributed by atoms with Crippen molar-refractivity contribution < 1.29 is 28.4 Å². The van der Waals surface area contributed by atoms with Gasteiger partial charge < -0.3 is 14.8 Å². The molecule has 0 aliphatic rings. The van der Waals surface area contributed by atoms with E-state index in [0.717, 1.165) is 29.0 Å². The molecule has 156 valence electrons. The van der Waals surface area contributed by atoms with E-state index in [1.54, 1.807) is 20.8 Å². The van der Waals surface area contributed by atoms with Crippen LogP contribution in [-0.2, 0) is 27.2 Å². The zero-order valence-corrected chi connectivity index (χ0v) is 18.3. The van der Waals surface area contributed by atoms with Crippen LogP contribution in [0.4, 0.5) is 5.00 Å². The maximum absolute atomic E-state index is 12.7. The summed E-state index contributed by atoms with van der Waals surface area (Å²) in [6.45, 7) is 9.52. The van der Waals surface area contributed by atoms with Crippen LogP contribution in [0.3, 0.4) is 0 Å². The Morgan fingerprint density at radius 3 is 2.31 bits per heavy atom. The monoisotopic (exact) mass is 419 g/mol. The van der Waals surface area contributed by atoms with Crippen LogP contribution in [0.2, 0.25) is 0 Å². The zero-order chi connectivity index (χ0) is 21.6. The van der Waals surface area contributed by atoms with Gasteiger partial charge in [0.1, 0.15) is 9.88 Å². The van der Waals surface area contributed by atoms with E-state index in [1.807, 2.05) is 36.7 Å². The Hall–Kier alpha value is -2.74. The summed E-state index contributed by atoms with van der Waals surface area (Å²) in [5, 5.41) is 3.06. The van der Waals surface area contributed by atoms with Gasteiger partial charge in [-0.3, -0.25) is 4.79 Å². The van der Waals surface area contributed by atoms with Crippen molar-refractivity contribution in [3.8, 4) is 0 Å². The van der Waals surface area contributed by atoms with Gasteiger partial charge in [0.15, 0.2) is 11.9 Å². The maximum atomic E-state index is 12.7. The molecule has 0 unspecified atom stereocenters. The van der Waals surface area contributed by atoms with Crippen LogP contribution in [-0.4, -0.2) is 31.1 Å². The largest absolute Gasteiger partial charge is 0.462 e.